The van der Waals surface area contributed by atoms with Crippen molar-refractivity contribution in [3.8, 4) is 0 Å². The minimum absolute atomic E-state index is 0.0484. The third kappa shape index (κ3) is 3.90. The molecule has 0 N–H and O–H groups in total. The molecule has 4 rings (SSSR count). The molecule has 0 unspecified atom stereocenters. The highest BCUT2D eigenvalue weighted by molar-refractivity contribution is 5.94. The van der Waals surface area contributed by atoms with Crippen LogP contribution in [0.25, 0.3) is 5.65 Å². The molecular weight excluding hydrogens is 360 g/mol. The van der Waals surface area contributed by atoms with Gasteiger partial charge < -0.3 is 4.90 Å². The van der Waals surface area contributed by atoms with E-state index in [0.717, 1.165) is 33.9 Å². The number of fused-ring (bicyclic) bond motifs is 1. The van der Waals surface area contributed by atoms with Crippen LogP contribution in [0.4, 0.5) is 0 Å². The van der Waals surface area contributed by atoms with E-state index in [1.807, 2.05) is 96.9 Å². The van der Waals surface area contributed by atoms with Crippen LogP contribution in [0.2, 0.25) is 0 Å². The summed E-state index contributed by atoms with van der Waals surface area (Å²) in [5.74, 6) is -0.0484. The van der Waals surface area contributed by atoms with E-state index in [-0.39, 0.29) is 5.91 Å². The topological polar surface area (TPSA) is 50.5 Å². The van der Waals surface area contributed by atoms with Crippen LogP contribution in [0.3, 0.4) is 0 Å². The molecule has 29 heavy (non-hydrogen) atoms. The van der Waals surface area contributed by atoms with Crippen molar-refractivity contribution >= 4 is 11.6 Å². The molecule has 146 valence electrons. The van der Waals surface area contributed by atoms with Crippen molar-refractivity contribution in [2.45, 2.75) is 33.9 Å². The first-order valence-electron chi connectivity index (χ1n) is 9.73. The van der Waals surface area contributed by atoms with Crippen LogP contribution >= 0.6 is 0 Å². The van der Waals surface area contributed by atoms with Gasteiger partial charge in [-0.2, -0.15) is 0 Å². The minimum atomic E-state index is -0.0484. The average molecular weight is 384 g/mol. The van der Waals surface area contributed by atoms with Gasteiger partial charge in [0.2, 0.25) is 0 Å². The van der Waals surface area contributed by atoms with Gasteiger partial charge in [-0.3, -0.25) is 14.2 Å². The summed E-state index contributed by atoms with van der Waals surface area (Å²) in [4.78, 5) is 24.8. The van der Waals surface area contributed by atoms with Gasteiger partial charge in [-0.25, -0.2) is 4.98 Å². The van der Waals surface area contributed by atoms with Crippen molar-refractivity contribution in [1.29, 1.82) is 0 Å². The Bertz CT molecular complexity index is 1160. The summed E-state index contributed by atoms with van der Waals surface area (Å²) in [6.45, 7) is 6.81. The number of carbonyl (C=O) groups is 1. The standard InChI is InChI=1S/C24H24N4O/c1-17-9-8-14-28-22(19(3)26-23(17)28)24(29)27(15-20-11-5-4-6-12-20)16-21-13-7-10-18(2)25-21/h4-14H,15-16H2,1-3H3. The summed E-state index contributed by atoms with van der Waals surface area (Å²) in [7, 11) is 0. The highest BCUT2D eigenvalue weighted by atomic mass is 16.2. The molecule has 5 heteroatoms. The van der Waals surface area contributed by atoms with Gasteiger partial charge in [-0.1, -0.05) is 42.5 Å². The second-order valence-corrected chi connectivity index (χ2v) is 7.35. The van der Waals surface area contributed by atoms with E-state index in [4.69, 9.17) is 0 Å². The first-order valence-corrected chi connectivity index (χ1v) is 9.73. The number of pyridine rings is 2. The number of imidazole rings is 1. The fraction of sp³-hybridized carbons (Fsp3) is 0.208. The number of carbonyl (C=O) groups excluding carboxylic acids is 1. The van der Waals surface area contributed by atoms with E-state index in [2.05, 4.69) is 9.97 Å². The second kappa shape index (κ2) is 7.87. The molecular formula is C24H24N4O. The van der Waals surface area contributed by atoms with Crippen LogP contribution in [0.5, 0.6) is 0 Å². The molecule has 0 aliphatic heterocycles. The molecule has 1 amide bonds. The Balaban J connectivity index is 1.75. The molecule has 1 aromatic carbocycles. The Kier molecular flexibility index (Phi) is 5.12. The van der Waals surface area contributed by atoms with Crippen LogP contribution in [0.15, 0.2) is 66.9 Å². The lowest BCUT2D eigenvalue weighted by Crippen LogP contribution is -2.32. The Labute approximate surface area is 170 Å². The molecule has 0 aliphatic carbocycles. The largest absolute Gasteiger partial charge is 0.327 e. The number of benzene rings is 1. The Hall–Kier alpha value is -3.47. The van der Waals surface area contributed by atoms with Crippen LogP contribution < -0.4 is 0 Å². The molecule has 3 aromatic heterocycles. The first kappa shape index (κ1) is 18.9. The fourth-order valence-corrected chi connectivity index (χ4v) is 3.61. The summed E-state index contributed by atoms with van der Waals surface area (Å²) in [6.07, 6.45) is 1.90. The maximum Gasteiger partial charge on any atom is 0.273 e. The fourth-order valence-electron chi connectivity index (χ4n) is 3.61. The van der Waals surface area contributed by atoms with Crippen LogP contribution in [-0.2, 0) is 13.1 Å². The number of rotatable bonds is 5. The van der Waals surface area contributed by atoms with Crippen molar-refractivity contribution < 1.29 is 4.79 Å². The Morgan fingerprint density at radius 3 is 2.45 bits per heavy atom. The summed E-state index contributed by atoms with van der Waals surface area (Å²) in [5, 5.41) is 0. The molecule has 0 radical (unpaired) electrons. The first-order chi connectivity index (χ1) is 14.0. The molecule has 0 fully saturated rings. The van der Waals surface area contributed by atoms with Crippen LogP contribution in [0, 0.1) is 20.8 Å². The quantitative estimate of drug-likeness (QED) is 0.509. The van der Waals surface area contributed by atoms with E-state index < -0.39 is 0 Å². The maximum absolute atomic E-state index is 13.7. The SMILES string of the molecule is Cc1cccc(CN(Cc2ccccc2)C(=O)c2c(C)nc3c(C)cccn23)n1. The maximum atomic E-state index is 13.7. The van der Waals surface area contributed by atoms with E-state index in [1.165, 1.54) is 0 Å². The highest BCUT2D eigenvalue weighted by Gasteiger charge is 2.24. The lowest BCUT2D eigenvalue weighted by atomic mass is 10.2. The molecule has 5 nitrogen and oxygen atoms in total. The average Bonchev–Trinajstić information content (AvgIpc) is 3.05. The van der Waals surface area contributed by atoms with Gasteiger partial charge in [0.25, 0.3) is 5.91 Å². The highest BCUT2D eigenvalue weighted by Crippen LogP contribution is 2.20. The molecule has 4 aromatic rings. The molecule has 3 heterocycles. The van der Waals surface area contributed by atoms with Crippen molar-refractivity contribution in [3.63, 3.8) is 0 Å². The number of aromatic nitrogens is 3. The van der Waals surface area contributed by atoms with Crippen LogP contribution in [0.1, 0.15) is 38.7 Å². The molecule has 0 aliphatic rings. The Morgan fingerprint density at radius 2 is 1.69 bits per heavy atom. The van der Waals surface area contributed by atoms with Gasteiger partial charge in [-0.15, -0.1) is 0 Å². The van der Waals surface area contributed by atoms with Gasteiger partial charge >= 0.3 is 0 Å². The van der Waals surface area contributed by atoms with Gasteiger partial charge in [0.1, 0.15) is 11.3 Å². The van der Waals surface area contributed by atoms with Gasteiger partial charge in [-0.05, 0) is 50.1 Å². The zero-order valence-electron chi connectivity index (χ0n) is 17.0. The molecule has 0 spiro atoms. The van der Waals surface area contributed by atoms with E-state index in [0.29, 0.717) is 18.8 Å². The van der Waals surface area contributed by atoms with Crippen molar-refractivity contribution in [2.75, 3.05) is 0 Å². The normalized spacial score (nSPS) is 11.0. The molecule has 0 saturated carbocycles. The zero-order valence-corrected chi connectivity index (χ0v) is 17.0. The third-order valence-electron chi connectivity index (χ3n) is 5.02. The number of aryl methyl sites for hydroxylation is 3. The molecule has 0 bridgehead atoms. The third-order valence-corrected chi connectivity index (χ3v) is 5.02. The predicted molar refractivity (Wildman–Crippen MR) is 114 cm³/mol. The van der Waals surface area contributed by atoms with Crippen LogP contribution in [-0.4, -0.2) is 25.2 Å². The van der Waals surface area contributed by atoms with Gasteiger partial charge in [0.05, 0.1) is 17.9 Å². The lowest BCUT2D eigenvalue weighted by Gasteiger charge is -2.23. The monoisotopic (exact) mass is 384 g/mol. The van der Waals surface area contributed by atoms with Crippen molar-refractivity contribution in [1.82, 2.24) is 19.3 Å². The van der Waals surface area contributed by atoms with Gasteiger partial charge in [0.15, 0.2) is 0 Å². The van der Waals surface area contributed by atoms with Crippen molar-refractivity contribution in [3.05, 3.63) is 101 Å². The predicted octanol–water partition coefficient (Wildman–Crippen LogP) is 4.50. The van der Waals surface area contributed by atoms with E-state index >= 15 is 0 Å². The number of amides is 1. The van der Waals surface area contributed by atoms with Gasteiger partial charge in [0, 0.05) is 18.4 Å². The number of hydrogen-bond acceptors (Lipinski definition) is 3. The minimum Gasteiger partial charge on any atom is -0.327 e. The summed E-state index contributed by atoms with van der Waals surface area (Å²) in [6, 6.07) is 19.9. The number of hydrogen-bond donors (Lipinski definition) is 0. The van der Waals surface area contributed by atoms with E-state index in [9.17, 15) is 4.79 Å². The summed E-state index contributed by atoms with van der Waals surface area (Å²) in [5.41, 5.74) is 6.10. The number of nitrogens with zero attached hydrogens (tertiary/aromatic N) is 4. The molecule has 0 saturated heterocycles. The zero-order chi connectivity index (χ0) is 20.4. The summed E-state index contributed by atoms with van der Waals surface area (Å²) >= 11 is 0. The second-order valence-electron chi connectivity index (χ2n) is 7.35. The smallest absolute Gasteiger partial charge is 0.273 e. The Morgan fingerprint density at radius 1 is 0.897 bits per heavy atom. The van der Waals surface area contributed by atoms with E-state index in [1.54, 1.807) is 0 Å². The van der Waals surface area contributed by atoms with Crippen molar-refractivity contribution in [2.24, 2.45) is 0 Å². The molecule has 0 atom stereocenters. The summed E-state index contributed by atoms with van der Waals surface area (Å²) < 4.78 is 1.90. The lowest BCUT2D eigenvalue weighted by molar-refractivity contribution is 0.0720.